The summed E-state index contributed by atoms with van der Waals surface area (Å²) in [5, 5.41) is 11.1. The first-order valence-corrected chi connectivity index (χ1v) is 3.86. The third kappa shape index (κ3) is 2.72. The zero-order chi connectivity index (χ0) is 9.84. The van der Waals surface area contributed by atoms with Gasteiger partial charge < -0.3 is 10.4 Å². The minimum Gasteiger partial charge on any atom is -0.478 e. The summed E-state index contributed by atoms with van der Waals surface area (Å²) < 4.78 is 0. The van der Waals surface area contributed by atoms with Crippen LogP contribution in [0.2, 0.25) is 0 Å². The van der Waals surface area contributed by atoms with Gasteiger partial charge in [0.1, 0.15) is 0 Å². The van der Waals surface area contributed by atoms with Crippen molar-refractivity contribution in [2.24, 2.45) is 0 Å². The topological polar surface area (TPSA) is 73.1 Å². The highest BCUT2D eigenvalue weighted by Crippen LogP contribution is 2.08. The van der Waals surface area contributed by atoms with Crippen molar-refractivity contribution in [3.05, 3.63) is 29.8 Å². The van der Waals surface area contributed by atoms with E-state index in [9.17, 15) is 4.79 Å². The lowest BCUT2D eigenvalue weighted by Crippen LogP contribution is -2.09. The Hall–Kier alpha value is -1.62. The van der Waals surface area contributed by atoms with Crippen molar-refractivity contribution in [3.63, 3.8) is 0 Å². The van der Waals surface area contributed by atoms with Crippen molar-refractivity contribution in [3.8, 4) is 0 Å². The van der Waals surface area contributed by atoms with Crippen molar-refractivity contribution in [2.45, 2.75) is 0 Å². The van der Waals surface area contributed by atoms with Crippen LogP contribution in [0.15, 0.2) is 24.3 Å². The molecule has 0 unspecified atom stereocenters. The van der Waals surface area contributed by atoms with E-state index in [1.807, 2.05) is 0 Å². The molecule has 13 heavy (non-hydrogen) atoms. The predicted octanol–water partition coefficient (Wildman–Crippen LogP) is 1.36. The molecule has 5 heteroatoms. The summed E-state index contributed by atoms with van der Waals surface area (Å²) in [6.07, 6.45) is 0. The van der Waals surface area contributed by atoms with E-state index >= 15 is 0 Å². The highest BCUT2D eigenvalue weighted by Gasteiger charge is 2.01. The molecule has 0 aliphatic heterocycles. The van der Waals surface area contributed by atoms with Crippen LogP contribution in [0.4, 0.5) is 5.69 Å². The maximum absolute atomic E-state index is 10.5. The first kappa shape index (κ1) is 9.47. The summed E-state index contributed by atoms with van der Waals surface area (Å²) in [5.41, 5.74) is 7.78. The van der Waals surface area contributed by atoms with Gasteiger partial charge in [-0.1, -0.05) is 0 Å². The maximum Gasteiger partial charge on any atom is 0.335 e. The Labute approximate surface area is 80.4 Å². The van der Waals surface area contributed by atoms with Crippen LogP contribution in [0.5, 0.6) is 0 Å². The smallest absolute Gasteiger partial charge is 0.335 e. The summed E-state index contributed by atoms with van der Waals surface area (Å²) in [5.74, 6) is -0.972. The first-order valence-electron chi connectivity index (χ1n) is 3.45. The number of nitrogens with one attached hydrogen (secondary N) is 2. The number of carboxylic acids is 1. The molecule has 0 saturated heterocycles. The van der Waals surface area contributed by atoms with Gasteiger partial charge in [0.15, 0.2) is 5.11 Å². The summed E-state index contributed by atoms with van der Waals surface area (Å²) in [4.78, 5) is 10.5. The fourth-order valence-corrected chi connectivity index (χ4v) is 0.945. The molecule has 67 valence electrons. The van der Waals surface area contributed by atoms with E-state index in [0.29, 0.717) is 5.69 Å². The Morgan fingerprint density at radius 1 is 1.38 bits per heavy atom. The Kier molecular flexibility index (Phi) is 2.81. The van der Waals surface area contributed by atoms with Crippen LogP contribution in [0.1, 0.15) is 10.4 Å². The number of anilines is 1. The van der Waals surface area contributed by atoms with E-state index in [4.69, 9.17) is 10.8 Å². The van der Waals surface area contributed by atoms with Crippen LogP contribution in [0.3, 0.4) is 0 Å². The number of thiocarbonyl (C=S) groups is 1. The second kappa shape index (κ2) is 3.86. The molecule has 0 aliphatic rings. The molecular weight excluding hydrogens is 188 g/mol. The van der Waals surface area contributed by atoms with Gasteiger partial charge in [0.2, 0.25) is 0 Å². The van der Waals surface area contributed by atoms with E-state index in [1.165, 1.54) is 12.1 Å². The number of rotatable bonds is 2. The van der Waals surface area contributed by atoms with E-state index in [0.717, 1.165) is 0 Å². The Morgan fingerprint density at radius 2 is 1.92 bits per heavy atom. The fraction of sp³-hybridized carbons (Fsp3) is 0. The van der Waals surface area contributed by atoms with Crippen LogP contribution < -0.4 is 11.1 Å². The largest absolute Gasteiger partial charge is 0.478 e. The van der Waals surface area contributed by atoms with Gasteiger partial charge in [-0.3, -0.25) is 5.73 Å². The van der Waals surface area contributed by atoms with E-state index in [1.54, 1.807) is 12.1 Å². The molecule has 0 amide bonds. The van der Waals surface area contributed by atoms with Gasteiger partial charge >= 0.3 is 5.97 Å². The van der Waals surface area contributed by atoms with Gasteiger partial charge in [0, 0.05) is 5.69 Å². The van der Waals surface area contributed by atoms with Crippen LogP contribution in [0, 0.1) is 0 Å². The van der Waals surface area contributed by atoms with Crippen LogP contribution in [0.25, 0.3) is 0 Å². The van der Waals surface area contributed by atoms with E-state index in [2.05, 4.69) is 17.5 Å². The minimum absolute atomic E-state index is 0.0944. The molecule has 0 fully saturated rings. The summed E-state index contributed by atoms with van der Waals surface area (Å²) >= 11 is 4.50. The quantitative estimate of drug-likeness (QED) is 0.699. The maximum atomic E-state index is 10.5. The molecule has 3 N–H and O–H groups in total. The first-order chi connectivity index (χ1) is 6.09. The SMILES string of the molecule is [NH]C(=S)Nc1ccc(C(=O)O)cc1. The molecule has 1 rings (SSSR count). The van der Waals surface area contributed by atoms with Crippen molar-refractivity contribution in [1.82, 2.24) is 5.73 Å². The molecule has 4 nitrogen and oxygen atoms in total. The molecule has 0 spiro atoms. The van der Waals surface area contributed by atoms with Gasteiger partial charge in [-0.2, -0.15) is 0 Å². The number of hydrogen-bond acceptors (Lipinski definition) is 2. The number of benzene rings is 1. The van der Waals surface area contributed by atoms with Gasteiger partial charge in [0.05, 0.1) is 5.56 Å². The average molecular weight is 195 g/mol. The summed E-state index contributed by atoms with van der Waals surface area (Å²) in [6.45, 7) is 0. The third-order valence-electron chi connectivity index (χ3n) is 1.39. The minimum atomic E-state index is -0.972. The zero-order valence-electron chi connectivity index (χ0n) is 6.57. The highest BCUT2D eigenvalue weighted by molar-refractivity contribution is 7.80. The Bertz CT molecular complexity index is 335. The highest BCUT2D eigenvalue weighted by atomic mass is 32.1. The van der Waals surface area contributed by atoms with Crippen molar-refractivity contribution in [1.29, 1.82) is 0 Å². The molecule has 0 bridgehead atoms. The lowest BCUT2D eigenvalue weighted by atomic mass is 10.2. The van der Waals surface area contributed by atoms with Gasteiger partial charge in [0.25, 0.3) is 0 Å². The van der Waals surface area contributed by atoms with Crippen molar-refractivity contribution < 1.29 is 9.90 Å². The third-order valence-corrected chi connectivity index (χ3v) is 1.49. The monoisotopic (exact) mass is 195 g/mol. The lowest BCUT2D eigenvalue weighted by molar-refractivity contribution is 0.0697. The molecule has 1 aromatic rings. The number of carboxylic acid groups (broad SMARTS) is 1. The molecule has 0 heterocycles. The number of carbonyl (C=O) groups is 1. The van der Waals surface area contributed by atoms with Crippen molar-refractivity contribution in [2.75, 3.05) is 5.32 Å². The molecular formula is C8H7N2O2S. The van der Waals surface area contributed by atoms with Gasteiger partial charge in [-0.25, -0.2) is 4.79 Å². The fourth-order valence-electron chi connectivity index (χ4n) is 0.827. The standard InChI is InChI=1S/C8H7N2O2S/c9-8(13)10-6-3-1-5(2-4-6)7(11)12/h1-4,9H,(H,10,13)(H,11,12). The molecule has 1 aromatic carbocycles. The summed E-state index contributed by atoms with van der Waals surface area (Å²) in [6, 6.07) is 6.01. The van der Waals surface area contributed by atoms with Crippen LogP contribution in [-0.4, -0.2) is 16.2 Å². The number of aromatic carboxylic acids is 1. The normalized spacial score (nSPS) is 9.23. The van der Waals surface area contributed by atoms with E-state index < -0.39 is 5.97 Å². The molecule has 0 saturated carbocycles. The second-order valence-electron chi connectivity index (χ2n) is 2.34. The molecule has 0 aliphatic carbocycles. The average Bonchev–Trinajstić information content (AvgIpc) is 2.04. The Balaban J connectivity index is 2.81. The van der Waals surface area contributed by atoms with Crippen LogP contribution >= 0.6 is 12.2 Å². The zero-order valence-corrected chi connectivity index (χ0v) is 7.39. The number of hydrogen-bond donors (Lipinski definition) is 2. The van der Waals surface area contributed by atoms with Crippen molar-refractivity contribution >= 4 is 29.0 Å². The predicted molar refractivity (Wildman–Crippen MR) is 52.7 cm³/mol. The molecule has 0 atom stereocenters. The van der Waals surface area contributed by atoms with E-state index in [-0.39, 0.29) is 10.7 Å². The van der Waals surface area contributed by atoms with Gasteiger partial charge in [-0.15, -0.1) is 0 Å². The summed E-state index contributed by atoms with van der Waals surface area (Å²) in [7, 11) is 0. The lowest BCUT2D eigenvalue weighted by Gasteiger charge is -2.02. The Morgan fingerprint density at radius 3 is 2.31 bits per heavy atom. The second-order valence-corrected chi connectivity index (χ2v) is 2.74. The van der Waals surface area contributed by atoms with Crippen LogP contribution in [-0.2, 0) is 0 Å². The molecule has 1 radical (unpaired) electrons. The molecule has 0 aromatic heterocycles. The van der Waals surface area contributed by atoms with Gasteiger partial charge in [-0.05, 0) is 36.5 Å².